The van der Waals surface area contributed by atoms with Gasteiger partial charge in [-0.3, -0.25) is 4.79 Å². The van der Waals surface area contributed by atoms with Crippen molar-refractivity contribution in [1.82, 2.24) is 0 Å². The molecule has 0 saturated heterocycles. The molecular weight excluding hydrogens is 242 g/mol. The zero-order valence-electron chi connectivity index (χ0n) is 7.93. The third kappa shape index (κ3) is 2.53. The summed E-state index contributed by atoms with van der Waals surface area (Å²) in [6, 6.07) is 0. The van der Waals surface area contributed by atoms with E-state index in [1.165, 1.54) is 0 Å². The normalized spacial score (nSPS) is 28.9. The van der Waals surface area contributed by atoms with Gasteiger partial charge in [0.15, 0.2) is 0 Å². The summed E-state index contributed by atoms with van der Waals surface area (Å²) >= 11 is 16.3. The SMILES string of the molecule is CC1(C)C(C=CC=C(Cl)Cl)C1C(=O)Cl. The lowest BCUT2D eigenvalue weighted by atomic mass is 10.1. The van der Waals surface area contributed by atoms with Gasteiger partial charge < -0.3 is 0 Å². The number of rotatable bonds is 3. The van der Waals surface area contributed by atoms with E-state index >= 15 is 0 Å². The van der Waals surface area contributed by atoms with Crippen molar-refractivity contribution in [3.05, 3.63) is 22.7 Å². The maximum absolute atomic E-state index is 11.0. The highest BCUT2D eigenvalue weighted by molar-refractivity contribution is 6.64. The van der Waals surface area contributed by atoms with Crippen molar-refractivity contribution in [2.75, 3.05) is 0 Å². The minimum atomic E-state index is -0.273. The monoisotopic (exact) mass is 252 g/mol. The van der Waals surface area contributed by atoms with E-state index in [2.05, 4.69) is 0 Å². The summed E-state index contributed by atoms with van der Waals surface area (Å²) < 4.78 is 0.202. The highest BCUT2D eigenvalue weighted by Crippen LogP contribution is 2.59. The zero-order chi connectivity index (χ0) is 10.9. The van der Waals surface area contributed by atoms with Gasteiger partial charge in [-0.05, 0) is 29.0 Å². The molecule has 0 aromatic rings. The van der Waals surface area contributed by atoms with Crippen molar-refractivity contribution in [1.29, 1.82) is 0 Å². The first-order valence-electron chi connectivity index (χ1n) is 4.26. The van der Waals surface area contributed by atoms with Crippen molar-refractivity contribution < 1.29 is 4.79 Å². The molecule has 0 heterocycles. The minimum absolute atomic E-state index is 0.0397. The standard InChI is InChI=1S/C10H11Cl3O/c1-10(2)6(8(10)9(13)14)4-3-5-7(11)12/h3-6,8H,1-2H3. The van der Waals surface area contributed by atoms with Gasteiger partial charge in [-0.25, -0.2) is 0 Å². The Morgan fingerprint density at radius 2 is 1.86 bits per heavy atom. The van der Waals surface area contributed by atoms with E-state index in [9.17, 15) is 4.79 Å². The lowest BCUT2D eigenvalue weighted by Crippen LogP contribution is -1.96. The van der Waals surface area contributed by atoms with Gasteiger partial charge in [-0.15, -0.1) is 0 Å². The van der Waals surface area contributed by atoms with Crippen LogP contribution >= 0.6 is 34.8 Å². The van der Waals surface area contributed by atoms with Crippen molar-refractivity contribution in [2.45, 2.75) is 13.8 Å². The Hall–Kier alpha value is 0.0200. The van der Waals surface area contributed by atoms with E-state index in [1.54, 1.807) is 12.2 Å². The van der Waals surface area contributed by atoms with Crippen LogP contribution in [0.4, 0.5) is 0 Å². The average molecular weight is 254 g/mol. The fourth-order valence-corrected chi connectivity index (χ4v) is 2.28. The summed E-state index contributed by atoms with van der Waals surface area (Å²) in [6.45, 7) is 4.03. The Kier molecular flexibility index (Phi) is 3.68. The van der Waals surface area contributed by atoms with Crippen LogP contribution in [0, 0.1) is 17.3 Å². The molecule has 0 N–H and O–H groups in total. The molecule has 1 aliphatic carbocycles. The first-order chi connectivity index (χ1) is 6.37. The molecule has 2 unspecified atom stereocenters. The third-order valence-electron chi connectivity index (χ3n) is 2.70. The summed E-state index contributed by atoms with van der Waals surface area (Å²) in [5.74, 6) is 0.111. The van der Waals surface area contributed by atoms with Gasteiger partial charge in [0.25, 0.3) is 0 Å². The first kappa shape index (κ1) is 12.1. The number of halogens is 3. The van der Waals surface area contributed by atoms with Gasteiger partial charge in [-0.1, -0.05) is 49.2 Å². The molecule has 1 saturated carbocycles. The van der Waals surface area contributed by atoms with Crippen LogP contribution in [0.1, 0.15) is 13.8 Å². The Bertz CT molecular complexity index is 300. The topological polar surface area (TPSA) is 17.1 Å². The van der Waals surface area contributed by atoms with Crippen LogP contribution in [0.15, 0.2) is 22.7 Å². The fraction of sp³-hybridized carbons (Fsp3) is 0.500. The maximum atomic E-state index is 11.0. The van der Waals surface area contributed by atoms with E-state index in [4.69, 9.17) is 34.8 Å². The van der Waals surface area contributed by atoms with Crippen LogP contribution in [-0.4, -0.2) is 5.24 Å². The Morgan fingerprint density at radius 1 is 1.29 bits per heavy atom. The second-order valence-corrected chi connectivity index (χ2v) is 5.35. The molecule has 0 bridgehead atoms. The molecule has 1 aliphatic rings. The molecule has 14 heavy (non-hydrogen) atoms. The third-order valence-corrected chi connectivity index (χ3v) is 3.18. The van der Waals surface area contributed by atoms with Crippen LogP contribution in [0.3, 0.4) is 0 Å². The number of hydrogen-bond donors (Lipinski definition) is 0. The summed E-state index contributed by atoms with van der Waals surface area (Å²) in [6.07, 6.45) is 5.24. The number of allylic oxidation sites excluding steroid dienone is 3. The van der Waals surface area contributed by atoms with Gasteiger partial charge >= 0.3 is 0 Å². The Balaban J connectivity index is 2.62. The molecule has 0 aromatic carbocycles. The van der Waals surface area contributed by atoms with Gasteiger partial charge in [0, 0.05) is 5.92 Å². The van der Waals surface area contributed by atoms with Gasteiger partial charge in [0.2, 0.25) is 5.24 Å². The van der Waals surface area contributed by atoms with E-state index in [1.807, 2.05) is 19.9 Å². The van der Waals surface area contributed by atoms with Crippen molar-refractivity contribution in [2.24, 2.45) is 17.3 Å². The zero-order valence-corrected chi connectivity index (χ0v) is 10.2. The van der Waals surface area contributed by atoms with Crippen molar-refractivity contribution in [3.63, 3.8) is 0 Å². The van der Waals surface area contributed by atoms with E-state index in [0.717, 1.165) is 0 Å². The first-order valence-corrected chi connectivity index (χ1v) is 5.39. The minimum Gasteiger partial charge on any atom is -0.281 e. The molecule has 78 valence electrons. The highest BCUT2D eigenvalue weighted by Gasteiger charge is 2.59. The van der Waals surface area contributed by atoms with Gasteiger partial charge in [-0.2, -0.15) is 0 Å². The quantitative estimate of drug-likeness (QED) is 0.551. The van der Waals surface area contributed by atoms with Crippen molar-refractivity contribution in [3.8, 4) is 0 Å². The Labute approximate surface area is 98.7 Å². The van der Waals surface area contributed by atoms with Crippen LogP contribution in [0.5, 0.6) is 0 Å². The number of carbonyl (C=O) groups is 1. The molecule has 0 spiro atoms. The van der Waals surface area contributed by atoms with Gasteiger partial charge in [0.05, 0.1) is 0 Å². The summed E-state index contributed by atoms with van der Waals surface area (Å²) in [5, 5.41) is -0.273. The van der Waals surface area contributed by atoms with Crippen LogP contribution in [-0.2, 0) is 4.79 Å². The fourth-order valence-electron chi connectivity index (χ4n) is 1.72. The van der Waals surface area contributed by atoms with Crippen molar-refractivity contribution >= 4 is 40.0 Å². The molecule has 0 aromatic heterocycles. The molecule has 1 rings (SSSR count). The molecule has 1 nitrogen and oxygen atoms in total. The predicted molar refractivity (Wildman–Crippen MR) is 60.6 cm³/mol. The van der Waals surface area contributed by atoms with Crippen LogP contribution in [0.2, 0.25) is 0 Å². The molecule has 4 heteroatoms. The van der Waals surface area contributed by atoms with Gasteiger partial charge in [0.1, 0.15) is 4.49 Å². The molecule has 2 atom stereocenters. The van der Waals surface area contributed by atoms with E-state index < -0.39 is 0 Å². The van der Waals surface area contributed by atoms with E-state index in [0.29, 0.717) is 0 Å². The summed E-state index contributed by atoms with van der Waals surface area (Å²) in [5.41, 5.74) is -0.0397. The maximum Gasteiger partial charge on any atom is 0.225 e. The molecule has 1 fully saturated rings. The lowest BCUT2D eigenvalue weighted by Gasteiger charge is -1.95. The number of hydrogen-bond acceptors (Lipinski definition) is 1. The summed E-state index contributed by atoms with van der Waals surface area (Å²) in [4.78, 5) is 11.0. The second-order valence-electron chi connectivity index (χ2n) is 3.97. The largest absolute Gasteiger partial charge is 0.281 e. The smallest absolute Gasteiger partial charge is 0.225 e. The number of carbonyl (C=O) groups excluding carboxylic acids is 1. The lowest BCUT2D eigenvalue weighted by molar-refractivity contribution is -0.113. The van der Waals surface area contributed by atoms with Crippen LogP contribution < -0.4 is 0 Å². The van der Waals surface area contributed by atoms with E-state index in [-0.39, 0.29) is 27.0 Å². The predicted octanol–water partition coefficient (Wildman–Crippen LogP) is 3.90. The van der Waals surface area contributed by atoms with Crippen LogP contribution in [0.25, 0.3) is 0 Å². The summed E-state index contributed by atoms with van der Waals surface area (Å²) in [7, 11) is 0. The molecular formula is C10H11Cl3O. The molecule has 0 radical (unpaired) electrons. The highest BCUT2D eigenvalue weighted by atomic mass is 35.5. The Morgan fingerprint density at radius 3 is 2.21 bits per heavy atom. The average Bonchev–Trinajstić information content (AvgIpc) is 2.52. The molecule has 0 aliphatic heterocycles. The second kappa shape index (κ2) is 4.26. The molecule has 0 amide bonds.